The van der Waals surface area contributed by atoms with Gasteiger partial charge in [0, 0.05) is 23.2 Å². The van der Waals surface area contributed by atoms with Gasteiger partial charge in [-0.2, -0.15) is 13.2 Å². The van der Waals surface area contributed by atoms with Gasteiger partial charge < -0.3 is 11.5 Å². The zero-order chi connectivity index (χ0) is 12.3. The van der Waals surface area contributed by atoms with Crippen LogP contribution in [0.2, 0.25) is 5.02 Å². The fourth-order valence-corrected chi connectivity index (χ4v) is 1.52. The Morgan fingerprint density at radius 2 is 1.94 bits per heavy atom. The summed E-state index contributed by atoms with van der Waals surface area (Å²) in [5.41, 5.74) is 12.1. The Morgan fingerprint density at radius 1 is 1.31 bits per heavy atom. The van der Waals surface area contributed by atoms with E-state index in [0.717, 1.165) is 0 Å². The first-order chi connectivity index (χ1) is 7.29. The SMILES string of the molecule is Nc1ccc(Cl)cc1[C@H](N)CCC(F)(F)F. The normalized spacial score (nSPS) is 13.8. The Labute approximate surface area is 96.4 Å². The number of nitrogen functional groups attached to an aromatic ring is 1. The van der Waals surface area contributed by atoms with Gasteiger partial charge in [-0.3, -0.25) is 0 Å². The van der Waals surface area contributed by atoms with Crippen molar-refractivity contribution in [3.05, 3.63) is 28.8 Å². The summed E-state index contributed by atoms with van der Waals surface area (Å²) in [5, 5.41) is 0.409. The number of alkyl halides is 3. The third kappa shape index (κ3) is 3.90. The van der Waals surface area contributed by atoms with Crippen LogP contribution < -0.4 is 11.5 Å². The Hall–Kier alpha value is -0.940. The highest BCUT2D eigenvalue weighted by Gasteiger charge is 2.28. The van der Waals surface area contributed by atoms with Crippen molar-refractivity contribution in [1.29, 1.82) is 0 Å². The van der Waals surface area contributed by atoms with Gasteiger partial charge in [0.25, 0.3) is 0 Å². The van der Waals surface area contributed by atoms with E-state index >= 15 is 0 Å². The van der Waals surface area contributed by atoms with Gasteiger partial charge in [-0.15, -0.1) is 0 Å². The maximum Gasteiger partial charge on any atom is 0.389 e. The Bertz CT molecular complexity index is 366. The molecule has 4 N–H and O–H groups in total. The summed E-state index contributed by atoms with van der Waals surface area (Å²) in [6.07, 6.45) is -5.33. The number of hydrogen-bond donors (Lipinski definition) is 2. The summed E-state index contributed by atoms with van der Waals surface area (Å²) in [6, 6.07) is 3.85. The van der Waals surface area contributed by atoms with Gasteiger partial charge in [-0.1, -0.05) is 11.6 Å². The molecule has 0 fully saturated rings. The van der Waals surface area contributed by atoms with Gasteiger partial charge >= 0.3 is 6.18 Å². The fourth-order valence-electron chi connectivity index (χ4n) is 1.34. The summed E-state index contributed by atoms with van der Waals surface area (Å²) in [6.45, 7) is 0. The van der Waals surface area contributed by atoms with Crippen molar-refractivity contribution in [2.45, 2.75) is 25.1 Å². The van der Waals surface area contributed by atoms with Crippen LogP contribution in [0.4, 0.5) is 18.9 Å². The second kappa shape index (κ2) is 4.93. The molecule has 2 nitrogen and oxygen atoms in total. The number of halogens is 4. The van der Waals surface area contributed by atoms with Crippen molar-refractivity contribution in [2.24, 2.45) is 5.73 Å². The molecular weight excluding hydrogens is 241 g/mol. The Balaban J connectivity index is 2.73. The summed E-state index contributed by atoms with van der Waals surface area (Å²) in [4.78, 5) is 0. The van der Waals surface area contributed by atoms with Crippen LogP contribution in [0.3, 0.4) is 0 Å². The van der Waals surface area contributed by atoms with Crippen molar-refractivity contribution in [3.8, 4) is 0 Å². The lowest BCUT2D eigenvalue weighted by atomic mass is 10.0. The molecule has 0 aliphatic carbocycles. The smallest absolute Gasteiger partial charge is 0.389 e. The third-order valence-electron chi connectivity index (χ3n) is 2.19. The second-order valence-corrected chi connectivity index (χ2v) is 3.97. The lowest BCUT2D eigenvalue weighted by Gasteiger charge is -2.15. The van der Waals surface area contributed by atoms with E-state index in [4.69, 9.17) is 23.1 Å². The molecule has 0 bridgehead atoms. The topological polar surface area (TPSA) is 52.0 Å². The Kier molecular flexibility index (Phi) is 4.04. The molecule has 0 radical (unpaired) electrons. The number of nitrogens with two attached hydrogens (primary N) is 2. The molecule has 1 rings (SSSR count). The number of anilines is 1. The van der Waals surface area contributed by atoms with Gasteiger partial charge in [-0.25, -0.2) is 0 Å². The molecular formula is C10H12ClF3N2. The molecule has 1 aromatic rings. The molecule has 0 amide bonds. The van der Waals surface area contributed by atoms with E-state index in [9.17, 15) is 13.2 Å². The molecule has 0 unspecified atom stereocenters. The molecule has 1 atom stereocenters. The standard InChI is InChI=1S/C10H12ClF3N2/c11-6-1-2-8(15)7(5-6)9(16)3-4-10(12,13)14/h1-2,5,9H,3-4,15-16H2/t9-/m1/s1. The van der Waals surface area contributed by atoms with Crippen molar-refractivity contribution >= 4 is 17.3 Å². The first-order valence-corrected chi connectivity index (χ1v) is 5.04. The van der Waals surface area contributed by atoms with Gasteiger partial charge in [0.15, 0.2) is 0 Å². The zero-order valence-electron chi connectivity index (χ0n) is 8.39. The monoisotopic (exact) mass is 252 g/mol. The molecule has 0 saturated heterocycles. The Morgan fingerprint density at radius 3 is 2.50 bits per heavy atom. The fraction of sp³-hybridized carbons (Fsp3) is 0.400. The van der Waals surface area contributed by atoms with Gasteiger partial charge in [0.1, 0.15) is 0 Å². The van der Waals surface area contributed by atoms with E-state index in [0.29, 0.717) is 16.3 Å². The van der Waals surface area contributed by atoms with Crippen LogP contribution in [-0.2, 0) is 0 Å². The minimum absolute atomic E-state index is 0.200. The van der Waals surface area contributed by atoms with Gasteiger partial charge in [-0.05, 0) is 30.2 Å². The van der Waals surface area contributed by atoms with Crippen molar-refractivity contribution in [2.75, 3.05) is 5.73 Å². The van der Waals surface area contributed by atoms with E-state index < -0.39 is 18.6 Å². The van der Waals surface area contributed by atoms with E-state index in [1.807, 2.05) is 0 Å². The van der Waals surface area contributed by atoms with Gasteiger partial charge in [0.05, 0.1) is 0 Å². The molecule has 0 saturated carbocycles. The summed E-state index contributed by atoms with van der Waals surface area (Å²) in [5.74, 6) is 0. The van der Waals surface area contributed by atoms with Crippen LogP contribution in [0, 0.1) is 0 Å². The summed E-state index contributed by atoms with van der Waals surface area (Å²) in [7, 11) is 0. The van der Waals surface area contributed by atoms with E-state index in [1.165, 1.54) is 12.1 Å². The van der Waals surface area contributed by atoms with Crippen molar-refractivity contribution < 1.29 is 13.2 Å². The van der Waals surface area contributed by atoms with Crippen LogP contribution >= 0.6 is 11.6 Å². The largest absolute Gasteiger partial charge is 0.398 e. The zero-order valence-corrected chi connectivity index (χ0v) is 9.15. The van der Waals surface area contributed by atoms with E-state index in [1.54, 1.807) is 6.07 Å². The van der Waals surface area contributed by atoms with E-state index in [2.05, 4.69) is 0 Å². The predicted molar refractivity (Wildman–Crippen MR) is 58.1 cm³/mol. The molecule has 90 valence electrons. The molecule has 0 aliphatic rings. The average molecular weight is 253 g/mol. The van der Waals surface area contributed by atoms with Gasteiger partial charge in [0.2, 0.25) is 0 Å². The quantitative estimate of drug-likeness (QED) is 0.812. The molecule has 0 aromatic heterocycles. The molecule has 0 aliphatic heterocycles. The minimum Gasteiger partial charge on any atom is -0.398 e. The number of rotatable bonds is 3. The van der Waals surface area contributed by atoms with Crippen LogP contribution in [0.1, 0.15) is 24.4 Å². The molecule has 6 heteroatoms. The molecule has 0 heterocycles. The maximum atomic E-state index is 12.0. The average Bonchev–Trinajstić information content (AvgIpc) is 2.17. The first-order valence-electron chi connectivity index (χ1n) is 4.67. The maximum absolute atomic E-state index is 12.0. The molecule has 16 heavy (non-hydrogen) atoms. The highest BCUT2D eigenvalue weighted by molar-refractivity contribution is 6.30. The van der Waals surface area contributed by atoms with E-state index in [-0.39, 0.29) is 6.42 Å². The van der Waals surface area contributed by atoms with Crippen molar-refractivity contribution in [1.82, 2.24) is 0 Å². The lowest BCUT2D eigenvalue weighted by Crippen LogP contribution is -2.17. The lowest BCUT2D eigenvalue weighted by molar-refractivity contribution is -0.136. The predicted octanol–water partition coefficient (Wildman–Crippen LogP) is 3.26. The number of benzene rings is 1. The summed E-state index contributed by atoms with van der Waals surface area (Å²) < 4.78 is 36.0. The van der Waals surface area contributed by atoms with Crippen LogP contribution in [0.5, 0.6) is 0 Å². The van der Waals surface area contributed by atoms with Crippen molar-refractivity contribution in [3.63, 3.8) is 0 Å². The third-order valence-corrected chi connectivity index (χ3v) is 2.42. The molecule has 0 spiro atoms. The first kappa shape index (κ1) is 13.1. The molecule has 1 aromatic carbocycles. The van der Waals surface area contributed by atoms with Crippen LogP contribution in [0.15, 0.2) is 18.2 Å². The highest BCUT2D eigenvalue weighted by Crippen LogP contribution is 2.29. The second-order valence-electron chi connectivity index (χ2n) is 3.53. The highest BCUT2D eigenvalue weighted by atomic mass is 35.5. The minimum atomic E-state index is -4.20. The van der Waals surface area contributed by atoms with Crippen LogP contribution in [0.25, 0.3) is 0 Å². The number of hydrogen-bond acceptors (Lipinski definition) is 2. The van der Waals surface area contributed by atoms with Crippen LogP contribution in [-0.4, -0.2) is 6.18 Å². The summed E-state index contributed by atoms with van der Waals surface area (Å²) >= 11 is 5.72.